The average molecular weight is 319 g/mol. The van der Waals surface area contributed by atoms with E-state index in [9.17, 15) is 17.8 Å². The Morgan fingerprint density at radius 3 is 2.23 bits per heavy atom. The van der Waals surface area contributed by atoms with Crippen LogP contribution >= 0.6 is 0 Å². The van der Waals surface area contributed by atoms with Crippen molar-refractivity contribution < 1.29 is 17.8 Å². The van der Waals surface area contributed by atoms with Crippen molar-refractivity contribution in [1.29, 1.82) is 0 Å². The monoisotopic (exact) mass is 319 g/mol. The normalized spacial score (nSPS) is 12.5. The van der Waals surface area contributed by atoms with Crippen molar-refractivity contribution in [2.24, 2.45) is 5.41 Å². The van der Waals surface area contributed by atoms with E-state index in [0.29, 0.717) is 10.8 Å². The number of rotatable bonds is 5. The maximum absolute atomic E-state index is 12.4. The van der Waals surface area contributed by atoms with Crippen molar-refractivity contribution >= 4 is 26.7 Å². The third kappa shape index (κ3) is 3.20. The minimum absolute atomic E-state index is 0.0953. The van der Waals surface area contributed by atoms with Crippen molar-refractivity contribution in [3.8, 4) is 0 Å². The molecule has 0 aromatic heterocycles. The zero-order chi connectivity index (χ0) is 16.5. The van der Waals surface area contributed by atoms with Crippen LogP contribution in [0.3, 0.4) is 0 Å². The third-order valence-electron chi connectivity index (χ3n) is 4.23. The van der Waals surface area contributed by atoms with E-state index in [2.05, 4.69) is 0 Å². The molecule has 0 saturated heterocycles. The molecule has 0 unspecified atom stereocenters. The molecule has 0 fully saturated rings. The Bertz CT molecular complexity index is 820. The molecule has 0 saturated carbocycles. The van der Waals surface area contributed by atoms with Crippen LogP contribution in [0.25, 0.3) is 10.8 Å². The molecule has 0 radical (unpaired) electrons. The van der Waals surface area contributed by atoms with Gasteiger partial charge < -0.3 is 4.55 Å². The number of hydrogen-bond donors (Lipinski definition) is 0. The van der Waals surface area contributed by atoms with Gasteiger partial charge in [-0.2, -0.15) is 0 Å². The molecule has 0 amide bonds. The molecule has 0 bridgehead atoms. The molecule has 0 N–H and O–H groups in total. The molecule has 4 nitrogen and oxygen atoms in total. The molecule has 2 aromatic carbocycles. The largest absolute Gasteiger partial charge is 0.744 e. The quantitative estimate of drug-likeness (QED) is 0.793. The molecular weight excluding hydrogens is 300 g/mol. The van der Waals surface area contributed by atoms with Crippen LogP contribution in [-0.2, 0) is 21.3 Å². The summed E-state index contributed by atoms with van der Waals surface area (Å²) in [6.07, 6.45) is 0.956. The predicted molar refractivity (Wildman–Crippen MR) is 84.7 cm³/mol. The maximum atomic E-state index is 12.4. The van der Waals surface area contributed by atoms with Gasteiger partial charge in [0.25, 0.3) is 0 Å². The highest BCUT2D eigenvalue weighted by Crippen LogP contribution is 2.29. The molecule has 0 atom stereocenters. The summed E-state index contributed by atoms with van der Waals surface area (Å²) in [5.74, 6) is 0.0953. The highest BCUT2D eigenvalue weighted by atomic mass is 32.2. The lowest BCUT2D eigenvalue weighted by molar-refractivity contribution is -0.126. The fourth-order valence-corrected chi connectivity index (χ4v) is 3.00. The van der Waals surface area contributed by atoms with Gasteiger partial charge in [0.15, 0.2) is 0 Å². The van der Waals surface area contributed by atoms with E-state index in [0.717, 1.165) is 12.0 Å². The van der Waals surface area contributed by atoms with Crippen molar-refractivity contribution in [1.82, 2.24) is 0 Å². The van der Waals surface area contributed by atoms with Crippen molar-refractivity contribution in [3.63, 3.8) is 0 Å². The van der Waals surface area contributed by atoms with E-state index in [1.54, 1.807) is 30.3 Å². The van der Waals surface area contributed by atoms with E-state index in [4.69, 9.17) is 0 Å². The SMILES string of the molecule is CCC(C)(C)C(=O)Cc1ccc(S(=O)(=O)[O-])c2ccccc12. The standard InChI is InChI=1S/C17H20O4S/c1-4-17(2,3)16(18)11-12-9-10-15(22(19,20)21)14-8-6-5-7-13(12)14/h5-10H,4,11H2,1-3H3,(H,19,20,21)/p-1. The Kier molecular flexibility index (Phi) is 4.40. The summed E-state index contributed by atoms with van der Waals surface area (Å²) in [5.41, 5.74) is 0.319. The van der Waals surface area contributed by atoms with Gasteiger partial charge in [-0.15, -0.1) is 0 Å². The van der Waals surface area contributed by atoms with Gasteiger partial charge in [0.1, 0.15) is 15.9 Å². The fraction of sp³-hybridized carbons (Fsp3) is 0.353. The Morgan fingerprint density at radius 2 is 1.68 bits per heavy atom. The minimum atomic E-state index is -4.54. The van der Waals surface area contributed by atoms with Gasteiger partial charge in [-0.25, -0.2) is 8.42 Å². The Labute approximate surface area is 130 Å². The summed E-state index contributed by atoms with van der Waals surface area (Å²) < 4.78 is 34.1. The molecular formula is C17H19O4S-. The number of fused-ring (bicyclic) bond motifs is 1. The Hall–Kier alpha value is -1.72. The highest BCUT2D eigenvalue weighted by Gasteiger charge is 2.25. The number of Topliss-reactive ketones (excluding diaryl/α,β-unsaturated/α-hetero) is 1. The van der Waals surface area contributed by atoms with Crippen LogP contribution in [0.5, 0.6) is 0 Å². The zero-order valence-electron chi connectivity index (χ0n) is 12.9. The lowest BCUT2D eigenvalue weighted by atomic mass is 9.82. The van der Waals surface area contributed by atoms with Gasteiger partial charge in [0.05, 0.1) is 4.90 Å². The molecule has 0 aliphatic heterocycles. The number of carbonyl (C=O) groups excluding carboxylic acids is 1. The van der Waals surface area contributed by atoms with Crippen molar-refractivity contribution in [2.75, 3.05) is 0 Å². The molecule has 0 aliphatic carbocycles. The lowest BCUT2D eigenvalue weighted by Gasteiger charge is -2.21. The molecule has 0 aliphatic rings. The first-order valence-corrected chi connectivity index (χ1v) is 8.57. The molecule has 22 heavy (non-hydrogen) atoms. The molecule has 2 aromatic rings. The maximum Gasteiger partial charge on any atom is 0.142 e. The van der Waals surface area contributed by atoms with Crippen molar-refractivity contribution in [3.05, 3.63) is 42.0 Å². The first kappa shape index (κ1) is 16.6. The molecule has 0 heterocycles. The second-order valence-corrected chi connectivity index (χ2v) is 7.41. The Balaban J connectivity index is 2.57. The number of carbonyl (C=O) groups is 1. The van der Waals surface area contributed by atoms with Crippen LogP contribution in [0.4, 0.5) is 0 Å². The second-order valence-electron chi connectivity index (χ2n) is 6.06. The van der Waals surface area contributed by atoms with E-state index >= 15 is 0 Å². The summed E-state index contributed by atoms with van der Waals surface area (Å²) in [7, 11) is -4.54. The third-order valence-corrected chi connectivity index (χ3v) is 5.13. The smallest absolute Gasteiger partial charge is 0.142 e. The summed E-state index contributed by atoms with van der Waals surface area (Å²) in [5, 5.41) is 1.01. The van der Waals surface area contributed by atoms with Gasteiger partial charge in [0.2, 0.25) is 0 Å². The van der Waals surface area contributed by atoms with Gasteiger partial charge >= 0.3 is 0 Å². The minimum Gasteiger partial charge on any atom is -0.744 e. The van der Waals surface area contributed by atoms with Crippen LogP contribution in [0, 0.1) is 5.41 Å². The van der Waals surface area contributed by atoms with Gasteiger partial charge in [-0.05, 0) is 28.8 Å². The van der Waals surface area contributed by atoms with E-state index < -0.39 is 15.5 Å². The number of hydrogen-bond acceptors (Lipinski definition) is 4. The molecule has 2 rings (SSSR count). The van der Waals surface area contributed by atoms with Gasteiger partial charge in [-0.1, -0.05) is 51.1 Å². The first-order valence-electron chi connectivity index (χ1n) is 7.16. The number of ketones is 1. The summed E-state index contributed by atoms with van der Waals surface area (Å²) >= 11 is 0. The Morgan fingerprint density at radius 1 is 1.09 bits per heavy atom. The van der Waals surface area contributed by atoms with E-state index in [1.807, 2.05) is 20.8 Å². The van der Waals surface area contributed by atoms with Crippen LogP contribution in [0.1, 0.15) is 32.8 Å². The van der Waals surface area contributed by atoms with Gasteiger partial charge in [0, 0.05) is 11.8 Å². The van der Waals surface area contributed by atoms with Crippen LogP contribution in [0.2, 0.25) is 0 Å². The van der Waals surface area contributed by atoms with Gasteiger partial charge in [-0.3, -0.25) is 4.79 Å². The summed E-state index contributed by atoms with van der Waals surface area (Å²) in [6.45, 7) is 5.76. The topological polar surface area (TPSA) is 74.3 Å². The van der Waals surface area contributed by atoms with Crippen LogP contribution < -0.4 is 0 Å². The average Bonchev–Trinajstić information content (AvgIpc) is 2.46. The fourth-order valence-electron chi connectivity index (χ4n) is 2.32. The van der Waals surface area contributed by atoms with Crippen LogP contribution in [-0.4, -0.2) is 18.8 Å². The molecule has 118 valence electrons. The molecule has 5 heteroatoms. The lowest BCUT2D eigenvalue weighted by Crippen LogP contribution is -2.25. The summed E-state index contributed by atoms with van der Waals surface area (Å²) in [4.78, 5) is 12.2. The summed E-state index contributed by atoms with van der Waals surface area (Å²) in [6, 6.07) is 9.65. The van der Waals surface area contributed by atoms with Crippen LogP contribution in [0.15, 0.2) is 41.3 Å². The van der Waals surface area contributed by atoms with E-state index in [1.165, 1.54) is 6.07 Å². The zero-order valence-corrected chi connectivity index (χ0v) is 13.7. The highest BCUT2D eigenvalue weighted by molar-refractivity contribution is 7.86. The van der Waals surface area contributed by atoms with Crippen molar-refractivity contribution in [2.45, 2.75) is 38.5 Å². The second kappa shape index (κ2) is 5.82. The predicted octanol–water partition coefficient (Wildman–Crippen LogP) is 3.29. The molecule has 0 spiro atoms. The first-order chi connectivity index (χ1) is 10.2. The van der Waals surface area contributed by atoms with E-state index in [-0.39, 0.29) is 17.1 Å². The number of benzene rings is 2.